The number of nitrogens with two attached hydrogens (primary N) is 1. The van der Waals surface area contributed by atoms with E-state index in [2.05, 4.69) is 9.72 Å². The van der Waals surface area contributed by atoms with Crippen LogP contribution in [0.15, 0.2) is 36.5 Å². The number of nitrogens with zero attached hydrogens (tertiary/aromatic N) is 1. The Morgan fingerprint density at radius 3 is 2.26 bits per heavy atom. The summed E-state index contributed by atoms with van der Waals surface area (Å²) in [7, 11) is 0. The van der Waals surface area contributed by atoms with Crippen molar-refractivity contribution in [2.24, 2.45) is 0 Å². The molecule has 1 aromatic carbocycles. The predicted molar refractivity (Wildman–Crippen MR) is 65.5 cm³/mol. The van der Waals surface area contributed by atoms with Crippen molar-refractivity contribution in [1.82, 2.24) is 4.98 Å². The van der Waals surface area contributed by atoms with Crippen molar-refractivity contribution in [2.45, 2.75) is 13.3 Å². The minimum absolute atomic E-state index is 0.267. The van der Waals surface area contributed by atoms with Crippen molar-refractivity contribution in [2.75, 3.05) is 5.73 Å². The van der Waals surface area contributed by atoms with Crippen molar-refractivity contribution >= 4 is 5.82 Å². The third kappa shape index (κ3) is 3.15. The summed E-state index contributed by atoms with van der Waals surface area (Å²) in [5.41, 5.74) is 8.07. The number of alkyl halides is 3. The maximum atomic E-state index is 12.0. The van der Waals surface area contributed by atoms with E-state index in [1.807, 2.05) is 6.92 Å². The molecule has 0 fully saturated rings. The molecule has 0 bridgehead atoms. The fourth-order valence-electron chi connectivity index (χ4n) is 1.78. The van der Waals surface area contributed by atoms with E-state index >= 15 is 0 Å². The number of ether oxygens (including phenoxy) is 1. The summed E-state index contributed by atoms with van der Waals surface area (Å²) >= 11 is 0. The highest BCUT2D eigenvalue weighted by molar-refractivity contribution is 5.76. The van der Waals surface area contributed by atoms with Crippen molar-refractivity contribution in [3.05, 3.63) is 42.1 Å². The largest absolute Gasteiger partial charge is 0.573 e. The highest BCUT2D eigenvalue weighted by atomic mass is 19.4. The number of hydrogen-bond acceptors (Lipinski definition) is 3. The first-order valence-electron chi connectivity index (χ1n) is 5.44. The molecular formula is C13H11F3N2O. The lowest BCUT2D eigenvalue weighted by atomic mass is 10.0. The summed E-state index contributed by atoms with van der Waals surface area (Å²) < 4.78 is 39.9. The molecule has 100 valence electrons. The van der Waals surface area contributed by atoms with Crippen LogP contribution in [-0.2, 0) is 0 Å². The highest BCUT2D eigenvalue weighted by Crippen LogP contribution is 2.30. The summed E-state index contributed by atoms with van der Waals surface area (Å²) in [5, 5.41) is 0. The summed E-state index contributed by atoms with van der Waals surface area (Å²) in [6.07, 6.45) is -3.11. The molecule has 0 amide bonds. The first-order valence-corrected chi connectivity index (χ1v) is 5.44. The van der Waals surface area contributed by atoms with E-state index in [4.69, 9.17) is 5.73 Å². The topological polar surface area (TPSA) is 48.1 Å². The number of rotatable bonds is 2. The average molecular weight is 268 g/mol. The average Bonchev–Trinajstić information content (AvgIpc) is 2.29. The van der Waals surface area contributed by atoms with Gasteiger partial charge in [0.2, 0.25) is 0 Å². The summed E-state index contributed by atoms with van der Waals surface area (Å²) in [5.74, 6) is 0.0702. The third-order valence-electron chi connectivity index (χ3n) is 2.57. The predicted octanol–water partition coefficient (Wildman–Crippen LogP) is 3.54. The molecule has 1 heterocycles. The van der Waals surface area contributed by atoms with E-state index < -0.39 is 6.36 Å². The number of hydrogen-bond donors (Lipinski definition) is 1. The maximum absolute atomic E-state index is 12.0. The Hall–Kier alpha value is -2.24. The molecule has 0 aliphatic heterocycles. The van der Waals surface area contributed by atoms with E-state index in [-0.39, 0.29) is 5.75 Å². The van der Waals surface area contributed by atoms with Gasteiger partial charge in [0, 0.05) is 11.8 Å². The normalized spacial score (nSPS) is 11.4. The van der Waals surface area contributed by atoms with Crippen LogP contribution in [0.25, 0.3) is 11.1 Å². The van der Waals surface area contributed by atoms with Crippen LogP contribution in [0.4, 0.5) is 19.0 Å². The van der Waals surface area contributed by atoms with Gasteiger partial charge in [0.05, 0.1) is 0 Å². The minimum atomic E-state index is -4.69. The van der Waals surface area contributed by atoms with Gasteiger partial charge in [0.15, 0.2) is 0 Å². The Morgan fingerprint density at radius 1 is 1.11 bits per heavy atom. The summed E-state index contributed by atoms with van der Waals surface area (Å²) in [6.45, 7) is 1.85. The minimum Gasteiger partial charge on any atom is -0.406 e. The lowest BCUT2D eigenvalue weighted by Crippen LogP contribution is -2.16. The highest BCUT2D eigenvalue weighted by Gasteiger charge is 2.30. The fraction of sp³-hybridized carbons (Fsp3) is 0.154. The van der Waals surface area contributed by atoms with Gasteiger partial charge in [-0.05, 0) is 36.2 Å². The first-order chi connectivity index (χ1) is 8.87. The van der Waals surface area contributed by atoms with Crippen LogP contribution >= 0.6 is 0 Å². The number of halogens is 3. The monoisotopic (exact) mass is 268 g/mol. The van der Waals surface area contributed by atoms with Gasteiger partial charge < -0.3 is 10.5 Å². The van der Waals surface area contributed by atoms with Gasteiger partial charge in [-0.1, -0.05) is 12.1 Å². The van der Waals surface area contributed by atoms with Gasteiger partial charge in [-0.2, -0.15) is 0 Å². The Labute approximate surface area is 107 Å². The molecule has 0 spiro atoms. The number of nitrogen functional groups attached to an aromatic ring is 1. The van der Waals surface area contributed by atoms with E-state index in [0.717, 1.165) is 5.56 Å². The fourth-order valence-corrected chi connectivity index (χ4v) is 1.78. The number of benzene rings is 1. The zero-order chi connectivity index (χ0) is 14.0. The number of aromatic nitrogens is 1. The second kappa shape index (κ2) is 4.79. The Kier molecular flexibility index (Phi) is 3.33. The van der Waals surface area contributed by atoms with Gasteiger partial charge in [-0.25, -0.2) is 4.98 Å². The Balaban J connectivity index is 2.33. The molecule has 0 aliphatic carbocycles. The first kappa shape index (κ1) is 13.2. The van der Waals surface area contributed by atoms with Crippen molar-refractivity contribution in [1.29, 1.82) is 0 Å². The van der Waals surface area contributed by atoms with E-state index in [0.29, 0.717) is 16.9 Å². The van der Waals surface area contributed by atoms with Crippen molar-refractivity contribution < 1.29 is 17.9 Å². The lowest BCUT2D eigenvalue weighted by Gasteiger charge is -2.11. The van der Waals surface area contributed by atoms with Crippen LogP contribution in [0.3, 0.4) is 0 Å². The molecule has 6 heteroatoms. The number of anilines is 1. The van der Waals surface area contributed by atoms with Gasteiger partial charge in [-0.15, -0.1) is 13.2 Å². The molecule has 19 heavy (non-hydrogen) atoms. The second-order valence-electron chi connectivity index (χ2n) is 3.96. The van der Waals surface area contributed by atoms with Crippen molar-refractivity contribution in [3.63, 3.8) is 0 Å². The molecule has 0 aliphatic rings. The zero-order valence-electron chi connectivity index (χ0n) is 10.0. The summed E-state index contributed by atoms with van der Waals surface area (Å²) in [4.78, 5) is 3.96. The van der Waals surface area contributed by atoms with Gasteiger partial charge in [0.25, 0.3) is 0 Å². The Morgan fingerprint density at radius 2 is 1.74 bits per heavy atom. The number of aryl methyl sites for hydroxylation is 1. The van der Waals surface area contributed by atoms with Crippen LogP contribution in [0.1, 0.15) is 5.56 Å². The standard InChI is InChI=1S/C13H11F3N2O/c1-8-6-7-18-12(17)11(8)9-2-4-10(5-3-9)19-13(14,15)16/h2-7H,1H3,(H2,17,18). The van der Waals surface area contributed by atoms with Crippen LogP contribution in [0.5, 0.6) is 5.75 Å². The molecule has 0 atom stereocenters. The van der Waals surface area contributed by atoms with Crippen LogP contribution in [0, 0.1) is 6.92 Å². The smallest absolute Gasteiger partial charge is 0.406 e. The SMILES string of the molecule is Cc1ccnc(N)c1-c1ccc(OC(F)(F)F)cc1. The van der Waals surface area contributed by atoms with E-state index in [1.165, 1.54) is 24.3 Å². The molecule has 1 aromatic heterocycles. The molecule has 2 rings (SSSR count). The van der Waals surface area contributed by atoms with Crippen molar-refractivity contribution in [3.8, 4) is 16.9 Å². The molecule has 3 nitrogen and oxygen atoms in total. The van der Waals surface area contributed by atoms with E-state index in [9.17, 15) is 13.2 Å². The molecule has 0 saturated carbocycles. The zero-order valence-corrected chi connectivity index (χ0v) is 10.0. The van der Waals surface area contributed by atoms with Crippen LogP contribution in [0.2, 0.25) is 0 Å². The quantitative estimate of drug-likeness (QED) is 0.906. The van der Waals surface area contributed by atoms with Gasteiger partial charge >= 0.3 is 6.36 Å². The molecule has 0 unspecified atom stereocenters. The molecule has 0 saturated heterocycles. The lowest BCUT2D eigenvalue weighted by molar-refractivity contribution is -0.274. The summed E-state index contributed by atoms with van der Waals surface area (Å²) in [6, 6.07) is 7.30. The molecule has 2 aromatic rings. The van der Waals surface area contributed by atoms with Gasteiger partial charge in [0.1, 0.15) is 11.6 Å². The van der Waals surface area contributed by atoms with Gasteiger partial charge in [-0.3, -0.25) is 0 Å². The molecular weight excluding hydrogens is 257 g/mol. The molecule has 2 N–H and O–H groups in total. The number of pyridine rings is 1. The molecule has 0 radical (unpaired) electrons. The second-order valence-corrected chi connectivity index (χ2v) is 3.96. The Bertz CT molecular complexity index is 559. The third-order valence-corrected chi connectivity index (χ3v) is 2.57. The van der Waals surface area contributed by atoms with E-state index in [1.54, 1.807) is 12.3 Å². The maximum Gasteiger partial charge on any atom is 0.573 e. The van der Waals surface area contributed by atoms with Crippen LogP contribution < -0.4 is 10.5 Å². The van der Waals surface area contributed by atoms with Crippen LogP contribution in [-0.4, -0.2) is 11.3 Å².